The predicted octanol–water partition coefficient (Wildman–Crippen LogP) is 4.22. The summed E-state index contributed by atoms with van der Waals surface area (Å²) in [6, 6.07) is 17.2. The number of carbonyl (C=O) groups excluding carboxylic acids is 3. The molecule has 1 saturated heterocycles. The molecule has 0 atom stereocenters. The molecule has 3 amide bonds. The van der Waals surface area contributed by atoms with Crippen molar-refractivity contribution in [3.63, 3.8) is 0 Å². The Kier molecular flexibility index (Phi) is 7.68. The molecule has 30 heavy (non-hydrogen) atoms. The number of unbranched alkanes of at least 4 members (excludes halogenated alkanes) is 1. The van der Waals surface area contributed by atoms with Crippen molar-refractivity contribution in [1.82, 2.24) is 10.2 Å². The number of rotatable bonds is 9. The Labute approximate surface area is 180 Å². The van der Waals surface area contributed by atoms with Gasteiger partial charge in [-0.05, 0) is 47.5 Å². The first-order valence-corrected chi connectivity index (χ1v) is 10.7. The average molecular weight is 425 g/mol. The van der Waals surface area contributed by atoms with Crippen molar-refractivity contribution in [3.05, 3.63) is 70.6 Å². The van der Waals surface area contributed by atoms with Crippen molar-refractivity contribution in [2.45, 2.75) is 26.4 Å². The second-order valence-electron chi connectivity index (χ2n) is 6.81. The van der Waals surface area contributed by atoms with E-state index in [0.717, 1.165) is 40.6 Å². The van der Waals surface area contributed by atoms with Gasteiger partial charge in [-0.3, -0.25) is 19.3 Å². The number of nitrogens with one attached hydrogen (secondary N) is 1. The van der Waals surface area contributed by atoms with E-state index >= 15 is 0 Å². The fourth-order valence-corrected chi connectivity index (χ4v) is 3.63. The Morgan fingerprint density at radius 1 is 1.10 bits per heavy atom. The summed E-state index contributed by atoms with van der Waals surface area (Å²) in [5, 5.41) is 2.29. The van der Waals surface area contributed by atoms with Gasteiger partial charge in [0.05, 0.1) is 4.91 Å². The number of thioether (sulfide) groups is 1. The Balaban J connectivity index is 1.57. The van der Waals surface area contributed by atoms with Gasteiger partial charge in [0.15, 0.2) is 0 Å². The standard InChI is InChI=1S/C23H24N2O4S/c1-2-3-13-24-21(26)15-25-22(27)20(30-23(25)28)14-17-9-11-19(12-10-17)29-16-18-7-5-4-6-8-18/h4-12,14H,2-3,13,15-16H2,1H3,(H,24,26)/b20-14-. The number of nitrogens with zero attached hydrogens (tertiary/aromatic N) is 1. The monoisotopic (exact) mass is 424 g/mol. The highest BCUT2D eigenvalue weighted by Crippen LogP contribution is 2.32. The molecule has 0 bridgehead atoms. The van der Waals surface area contributed by atoms with Gasteiger partial charge in [0.2, 0.25) is 5.91 Å². The Morgan fingerprint density at radius 3 is 2.53 bits per heavy atom. The minimum absolute atomic E-state index is 0.252. The van der Waals surface area contributed by atoms with Gasteiger partial charge in [0.1, 0.15) is 18.9 Å². The zero-order valence-corrected chi connectivity index (χ0v) is 17.6. The Morgan fingerprint density at radius 2 is 1.83 bits per heavy atom. The van der Waals surface area contributed by atoms with Gasteiger partial charge in [-0.25, -0.2) is 0 Å². The maximum atomic E-state index is 12.5. The fraction of sp³-hybridized carbons (Fsp3) is 0.261. The highest BCUT2D eigenvalue weighted by molar-refractivity contribution is 8.18. The van der Waals surface area contributed by atoms with Crippen LogP contribution in [0.15, 0.2) is 59.5 Å². The van der Waals surface area contributed by atoms with Gasteiger partial charge in [0, 0.05) is 6.54 Å². The quantitative estimate of drug-likeness (QED) is 0.482. The normalized spacial score (nSPS) is 15.0. The van der Waals surface area contributed by atoms with E-state index in [1.807, 2.05) is 61.5 Å². The van der Waals surface area contributed by atoms with Crippen molar-refractivity contribution in [2.75, 3.05) is 13.1 Å². The lowest BCUT2D eigenvalue weighted by atomic mass is 10.2. The van der Waals surface area contributed by atoms with Crippen molar-refractivity contribution >= 4 is 34.9 Å². The molecule has 0 aliphatic carbocycles. The third-order valence-corrected chi connectivity index (χ3v) is 5.36. The van der Waals surface area contributed by atoms with Crippen LogP contribution in [0.4, 0.5) is 4.79 Å². The van der Waals surface area contributed by atoms with Crippen LogP contribution in [-0.4, -0.2) is 35.0 Å². The molecule has 3 rings (SSSR count). The summed E-state index contributed by atoms with van der Waals surface area (Å²) in [4.78, 5) is 37.9. The molecule has 1 heterocycles. The Hall–Kier alpha value is -3.06. The largest absolute Gasteiger partial charge is 0.489 e. The molecule has 7 heteroatoms. The van der Waals surface area contributed by atoms with Gasteiger partial charge in [-0.1, -0.05) is 55.8 Å². The molecule has 0 unspecified atom stereocenters. The third kappa shape index (κ3) is 5.97. The van der Waals surface area contributed by atoms with Gasteiger partial charge in [-0.15, -0.1) is 0 Å². The zero-order chi connectivity index (χ0) is 21.3. The summed E-state index contributed by atoms with van der Waals surface area (Å²) >= 11 is 0.846. The van der Waals surface area contributed by atoms with Crippen LogP contribution in [0.25, 0.3) is 6.08 Å². The molecule has 2 aromatic carbocycles. The van der Waals surface area contributed by atoms with Crippen molar-refractivity contribution in [1.29, 1.82) is 0 Å². The molecule has 156 valence electrons. The lowest BCUT2D eigenvalue weighted by molar-refractivity contribution is -0.129. The summed E-state index contributed by atoms with van der Waals surface area (Å²) < 4.78 is 5.76. The highest BCUT2D eigenvalue weighted by atomic mass is 32.2. The molecule has 1 aliphatic rings. The van der Waals surface area contributed by atoms with Crippen molar-refractivity contribution < 1.29 is 19.1 Å². The van der Waals surface area contributed by atoms with Crippen LogP contribution in [0.2, 0.25) is 0 Å². The maximum Gasteiger partial charge on any atom is 0.294 e. The van der Waals surface area contributed by atoms with E-state index in [1.165, 1.54) is 0 Å². The second kappa shape index (κ2) is 10.6. The summed E-state index contributed by atoms with van der Waals surface area (Å²) in [6.45, 7) is 2.78. The minimum atomic E-state index is -0.444. The molecule has 0 spiro atoms. The van der Waals surface area contributed by atoms with Crippen LogP contribution in [0.3, 0.4) is 0 Å². The van der Waals surface area contributed by atoms with Crippen LogP contribution in [-0.2, 0) is 16.2 Å². The van der Waals surface area contributed by atoms with Crippen molar-refractivity contribution in [2.24, 2.45) is 0 Å². The van der Waals surface area contributed by atoms with Gasteiger partial charge in [-0.2, -0.15) is 0 Å². The van der Waals surface area contributed by atoms with E-state index in [1.54, 1.807) is 6.08 Å². The second-order valence-corrected chi connectivity index (χ2v) is 7.81. The molecular formula is C23H24N2O4S. The average Bonchev–Trinajstić information content (AvgIpc) is 3.01. The molecule has 2 aromatic rings. The van der Waals surface area contributed by atoms with E-state index in [2.05, 4.69) is 5.32 Å². The first-order chi connectivity index (χ1) is 14.6. The van der Waals surface area contributed by atoms with E-state index in [0.29, 0.717) is 23.8 Å². The fourth-order valence-electron chi connectivity index (χ4n) is 2.79. The lowest BCUT2D eigenvalue weighted by Gasteiger charge is -2.12. The number of benzene rings is 2. The number of carbonyl (C=O) groups is 3. The highest BCUT2D eigenvalue weighted by Gasteiger charge is 2.36. The predicted molar refractivity (Wildman–Crippen MR) is 118 cm³/mol. The Bertz CT molecular complexity index is 926. The van der Waals surface area contributed by atoms with E-state index < -0.39 is 11.1 Å². The number of imide groups is 1. The minimum Gasteiger partial charge on any atom is -0.489 e. The van der Waals surface area contributed by atoms with Gasteiger partial charge in [0.25, 0.3) is 11.1 Å². The van der Waals surface area contributed by atoms with Crippen LogP contribution in [0, 0.1) is 0 Å². The molecule has 0 saturated carbocycles. The van der Waals surface area contributed by atoms with Crippen LogP contribution in [0.1, 0.15) is 30.9 Å². The molecule has 1 aliphatic heterocycles. The first kappa shape index (κ1) is 21.6. The third-order valence-electron chi connectivity index (χ3n) is 4.45. The molecular weight excluding hydrogens is 400 g/mol. The molecule has 6 nitrogen and oxygen atoms in total. The summed E-state index contributed by atoms with van der Waals surface area (Å²) in [5.74, 6) is -0.0557. The topological polar surface area (TPSA) is 75.7 Å². The summed E-state index contributed by atoms with van der Waals surface area (Å²) in [5.41, 5.74) is 1.86. The lowest BCUT2D eigenvalue weighted by Crippen LogP contribution is -2.39. The first-order valence-electron chi connectivity index (χ1n) is 9.85. The molecule has 1 N–H and O–H groups in total. The molecule has 0 aromatic heterocycles. The summed E-state index contributed by atoms with van der Waals surface area (Å²) in [6.07, 6.45) is 3.47. The number of hydrogen-bond donors (Lipinski definition) is 1. The number of hydrogen-bond acceptors (Lipinski definition) is 5. The van der Waals surface area contributed by atoms with Crippen molar-refractivity contribution in [3.8, 4) is 5.75 Å². The van der Waals surface area contributed by atoms with E-state index in [-0.39, 0.29) is 12.5 Å². The van der Waals surface area contributed by atoms with Crippen LogP contribution >= 0.6 is 11.8 Å². The zero-order valence-electron chi connectivity index (χ0n) is 16.8. The number of ether oxygens (including phenoxy) is 1. The van der Waals surface area contributed by atoms with Gasteiger partial charge < -0.3 is 10.1 Å². The number of amides is 3. The van der Waals surface area contributed by atoms with E-state index in [4.69, 9.17) is 4.74 Å². The van der Waals surface area contributed by atoms with Crippen LogP contribution in [0.5, 0.6) is 5.75 Å². The van der Waals surface area contributed by atoms with E-state index in [9.17, 15) is 14.4 Å². The molecule has 1 fully saturated rings. The maximum absolute atomic E-state index is 12.5. The summed E-state index contributed by atoms with van der Waals surface area (Å²) in [7, 11) is 0. The molecule has 0 radical (unpaired) electrons. The van der Waals surface area contributed by atoms with Crippen LogP contribution < -0.4 is 10.1 Å². The smallest absolute Gasteiger partial charge is 0.294 e. The van der Waals surface area contributed by atoms with Gasteiger partial charge >= 0.3 is 0 Å². The SMILES string of the molecule is CCCCNC(=O)CN1C(=O)S/C(=C\c2ccc(OCc3ccccc3)cc2)C1=O.